The van der Waals surface area contributed by atoms with Crippen LogP contribution in [0.3, 0.4) is 0 Å². The Kier molecular flexibility index (Phi) is 4.05. The van der Waals surface area contributed by atoms with Gasteiger partial charge in [0.1, 0.15) is 10.7 Å². The number of aromatic nitrogens is 3. The number of thiazole rings is 1. The fourth-order valence-corrected chi connectivity index (χ4v) is 3.80. The highest BCUT2D eigenvalue weighted by molar-refractivity contribution is 7.11. The standard InChI is InChI=1S/C15H20N4OS/c1-3-12-14(21-10-17-12)15(20)18(2)8-11-4-5-13-16-6-7-19(13)9-11/h6-7,10-11H,3-5,8-9H2,1-2H3/t11-/m0/s1. The Bertz CT molecular complexity index is 633. The molecule has 0 aromatic carbocycles. The zero-order valence-corrected chi connectivity index (χ0v) is 13.3. The lowest BCUT2D eigenvalue weighted by atomic mass is 9.99. The minimum atomic E-state index is 0.103. The van der Waals surface area contributed by atoms with Gasteiger partial charge in [0.25, 0.3) is 5.91 Å². The predicted octanol–water partition coefficient (Wildman–Crippen LogP) is 2.24. The summed E-state index contributed by atoms with van der Waals surface area (Å²) >= 11 is 1.45. The summed E-state index contributed by atoms with van der Waals surface area (Å²) < 4.78 is 2.21. The second-order valence-electron chi connectivity index (χ2n) is 5.57. The van der Waals surface area contributed by atoms with Crippen molar-refractivity contribution in [2.24, 2.45) is 5.92 Å². The van der Waals surface area contributed by atoms with Gasteiger partial charge in [-0.3, -0.25) is 4.79 Å². The van der Waals surface area contributed by atoms with Gasteiger partial charge < -0.3 is 9.47 Å². The van der Waals surface area contributed by atoms with Crippen LogP contribution in [0.4, 0.5) is 0 Å². The van der Waals surface area contributed by atoms with E-state index in [1.54, 1.807) is 5.51 Å². The third-order valence-electron chi connectivity index (χ3n) is 4.08. The lowest BCUT2D eigenvalue weighted by Crippen LogP contribution is -2.35. The molecule has 0 N–H and O–H groups in total. The van der Waals surface area contributed by atoms with E-state index in [-0.39, 0.29) is 5.91 Å². The number of rotatable bonds is 4. The van der Waals surface area contributed by atoms with E-state index in [9.17, 15) is 4.79 Å². The van der Waals surface area contributed by atoms with Crippen molar-refractivity contribution in [2.75, 3.05) is 13.6 Å². The van der Waals surface area contributed by atoms with E-state index < -0.39 is 0 Å². The van der Waals surface area contributed by atoms with Crippen LogP contribution in [-0.4, -0.2) is 38.9 Å². The molecule has 1 amide bonds. The largest absolute Gasteiger partial charge is 0.341 e. The van der Waals surface area contributed by atoms with Crippen molar-refractivity contribution in [2.45, 2.75) is 32.7 Å². The van der Waals surface area contributed by atoms with Crippen LogP contribution in [0.2, 0.25) is 0 Å². The number of aryl methyl sites for hydroxylation is 2. The van der Waals surface area contributed by atoms with Crippen LogP contribution < -0.4 is 0 Å². The molecule has 0 unspecified atom stereocenters. The summed E-state index contributed by atoms with van der Waals surface area (Å²) in [5.41, 5.74) is 2.68. The Balaban J connectivity index is 1.64. The van der Waals surface area contributed by atoms with Gasteiger partial charge in [0, 0.05) is 39.0 Å². The Morgan fingerprint density at radius 3 is 3.19 bits per heavy atom. The molecular formula is C15H20N4OS. The molecule has 5 nitrogen and oxygen atoms in total. The highest BCUT2D eigenvalue weighted by atomic mass is 32.1. The van der Waals surface area contributed by atoms with Gasteiger partial charge in [-0.2, -0.15) is 0 Å². The minimum Gasteiger partial charge on any atom is -0.341 e. The lowest BCUT2D eigenvalue weighted by molar-refractivity contribution is 0.0764. The zero-order valence-electron chi connectivity index (χ0n) is 12.5. The molecule has 0 radical (unpaired) electrons. The molecule has 1 aliphatic rings. The third kappa shape index (κ3) is 2.85. The number of hydrogen-bond donors (Lipinski definition) is 0. The van der Waals surface area contributed by atoms with E-state index in [2.05, 4.69) is 14.5 Å². The van der Waals surface area contributed by atoms with Crippen LogP contribution in [0.25, 0.3) is 0 Å². The van der Waals surface area contributed by atoms with Crippen molar-refractivity contribution in [1.82, 2.24) is 19.4 Å². The summed E-state index contributed by atoms with van der Waals surface area (Å²) in [5, 5.41) is 0. The van der Waals surface area contributed by atoms with Gasteiger partial charge in [-0.05, 0) is 18.8 Å². The average molecular weight is 304 g/mol. The van der Waals surface area contributed by atoms with E-state index >= 15 is 0 Å². The third-order valence-corrected chi connectivity index (χ3v) is 4.94. The maximum absolute atomic E-state index is 12.5. The van der Waals surface area contributed by atoms with Crippen molar-refractivity contribution in [1.29, 1.82) is 0 Å². The predicted molar refractivity (Wildman–Crippen MR) is 82.5 cm³/mol. The molecule has 0 saturated carbocycles. The highest BCUT2D eigenvalue weighted by Gasteiger charge is 2.24. The van der Waals surface area contributed by atoms with Gasteiger partial charge in [-0.1, -0.05) is 6.92 Å². The van der Waals surface area contributed by atoms with Crippen LogP contribution in [0.15, 0.2) is 17.9 Å². The van der Waals surface area contributed by atoms with Crippen LogP contribution in [-0.2, 0) is 19.4 Å². The number of imidazole rings is 1. The number of amides is 1. The van der Waals surface area contributed by atoms with Crippen LogP contribution in [0.1, 0.15) is 34.5 Å². The van der Waals surface area contributed by atoms with Crippen LogP contribution >= 0.6 is 11.3 Å². The molecule has 2 aromatic rings. The second kappa shape index (κ2) is 5.97. The first-order valence-corrected chi connectivity index (χ1v) is 8.24. The van der Waals surface area contributed by atoms with E-state index in [1.165, 1.54) is 11.3 Å². The zero-order chi connectivity index (χ0) is 14.8. The molecule has 1 aliphatic heterocycles. The number of carbonyl (C=O) groups is 1. The first-order chi connectivity index (χ1) is 10.2. The van der Waals surface area contributed by atoms with Crippen molar-refractivity contribution >= 4 is 17.2 Å². The second-order valence-corrected chi connectivity index (χ2v) is 6.42. The fourth-order valence-electron chi connectivity index (χ4n) is 2.92. The Morgan fingerprint density at radius 1 is 1.52 bits per heavy atom. The van der Waals surface area contributed by atoms with Crippen molar-refractivity contribution in [3.8, 4) is 0 Å². The summed E-state index contributed by atoms with van der Waals surface area (Å²) in [5.74, 6) is 1.76. The molecule has 0 bridgehead atoms. The Morgan fingerprint density at radius 2 is 2.38 bits per heavy atom. The SMILES string of the molecule is CCc1ncsc1C(=O)N(C)C[C@@H]1CCc2nccn2C1. The maximum Gasteiger partial charge on any atom is 0.265 e. The Hall–Kier alpha value is -1.69. The average Bonchev–Trinajstić information content (AvgIpc) is 3.14. The summed E-state index contributed by atoms with van der Waals surface area (Å²) in [4.78, 5) is 23.8. The van der Waals surface area contributed by atoms with Gasteiger partial charge in [0.15, 0.2) is 0 Å². The summed E-state index contributed by atoms with van der Waals surface area (Å²) in [6.45, 7) is 3.78. The minimum absolute atomic E-state index is 0.103. The lowest BCUT2D eigenvalue weighted by Gasteiger charge is -2.28. The molecule has 2 aromatic heterocycles. The van der Waals surface area contributed by atoms with Gasteiger partial charge in [0.2, 0.25) is 0 Å². The van der Waals surface area contributed by atoms with Crippen molar-refractivity contribution < 1.29 is 4.79 Å². The van der Waals surface area contributed by atoms with Gasteiger partial charge >= 0.3 is 0 Å². The molecule has 3 rings (SSSR count). The van der Waals surface area contributed by atoms with Gasteiger partial charge in [-0.15, -0.1) is 11.3 Å². The summed E-state index contributed by atoms with van der Waals surface area (Å²) in [7, 11) is 1.89. The van der Waals surface area contributed by atoms with Gasteiger partial charge in [0.05, 0.1) is 11.2 Å². The Labute approximate surface area is 128 Å². The van der Waals surface area contributed by atoms with Crippen LogP contribution in [0.5, 0.6) is 0 Å². The normalized spacial score (nSPS) is 17.5. The fraction of sp³-hybridized carbons (Fsp3) is 0.533. The smallest absolute Gasteiger partial charge is 0.265 e. The number of fused-ring (bicyclic) bond motifs is 1. The molecule has 0 spiro atoms. The van der Waals surface area contributed by atoms with E-state index in [0.29, 0.717) is 5.92 Å². The molecule has 0 aliphatic carbocycles. The van der Waals surface area contributed by atoms with Gasteiger partial charge in [-0.25, -0.2) is 9.97 Å². The van der Waals surface area contributed by atoms with Crippen molar-refractivity contribution in [3.63, 3.8) is 0 Å². The number of carbonyl (C=O) groups excluding carboxylic acids is 1. The molecule has 6 heteroatoms. The van der Waals surface area contributed by atoms with E-state index in [0.717, 1.165) is 48.7 Å². The molecule has 3 heterocycles. The molecule has 21 heavy (non-hydrogen) atoms. The highest BCUT2D eigenvalue weighted by Crippen LogP contribution is 2.21. The quantitative estimate of drug-likeness (QED) is 0.870. The van der Waals surface area contributed by atoms with Crippen molar-refractivity contribution in [3.05, 3.63) is 34.3 Å². The number of nitrogens with zero attached hydrogens (tertiary/aromatic N) is 4. The number of hydrogen-bond acceptors (Lipinski definition) is 4. The molecule has 0 saturated heterocycles. The summed E-state index contributed by atoms with van der Waals surface area (Å²) in [6.07, 6.45) is 6.79. The molecule has 0 fully saturated rings. The topological polar surface area (TPSA) is 51.0 Å². The molecule has 112 valence electrons. The first kappa shape index (κ1) is 14.3. The maximum atomic E-state index is 12.5. The van der Waals surface area contributed by atoms with E-state index in [1.807, 2.05) is 31.3 Å². The first-order valence-electron chi connectivity index (χ1n) is 7.36. The monoisotopic (exact) mass is 304 g/mol. The summed E-state index contributed by atoms with van der Waals surface area (Å²) in [6, 6.07) is 0. The molecular weight excluding hydrogens is 284 g/mol. The van der Waals surface area contributed by atoms with Crippen LogP contribution in [0, 0.1) is 5.92 Å². The molecule has 1 atom stereocenters. The van der Waals surface area contributed by atoms with E-state index in [4.69, 9.17) is 0 Å².